The number of nitrogens with zero attached hydrogens (tertiary/aromatic N) is 4. The molecule has 2 aromatic heterocycles. The van der Waals surface area contributed by atoms with Gasteiger partial charge in [-0.2, -0.15) is 10.1 Å². The number of ether oxygens (including phenoxy) is 1. The van der Waals surface area contributed by atoms with Crippen molar-refractivity contribution in [3.8, 4) is 11.7 Å². The standard InChI is InChI=1S/C16H17N5O3S/c1-10-8-11(2)21(20-10)16-18-9-14(15(17)19-16)25(22,23)13-6-4-12(24-3)5-7-13/h4-9H,1-3H3,(H2,17,18,19). The fraction of sp³-hybridized carbons (Fsp3) is 0.188. The molecule has 0 bridgehead atoms. The molecule has 9 heteroatoms. The number of nitrogen functional groups attached to an aromatic ring is 1. The van der Waals surface area contributed by atoms with Crippen LogP contribution in [0.2, 0.25) is 0 Å². The van der Waals surface area contributed by atoms with Crippen LogP contribution in [-0.4, -0.2) is 35.3 Å². The third-order valence-corrected chi connectivity index (χ3v) is 5.41. The molecule has 1 aromatic carbocycles. The zero-order chi connectivity index (χ0) is 18.2. The Morgan fingerprint density at radius 2 is 1.84 bits per heavy atom. The first-order valence-electron chi connectivity index (χ1n) is 7.38. The van der Waals surface area contributed by atoms with E-state index in [1.54, 1.807) is 12.1 Å². The minimum Gasteiger partial charge on any atom is -0.497 e. The second kappa shape index (κ2) is 6.17. The number of rotatable bonds is 4. The van der Waals surface area contributed by atoms with Gasteiger partial charge in [0, 0.05) is 5.69 Å². The van der Waals surface area contributed by atoms with Gasteiger partial charge in [-0.3, -0.25) is 0 Å². The SMILES string of the molecule is COc1ccc(S(=O)(=O)c2cnc(-n3nc(C)cc3C)nc2N)cc1. The molecule has 3 rings (SSSR count). The maximum Gasteiger partial charge on any atom is 0.252 e. The number of anilines is 1. The zero-order valence-electron chi connectivity index (χ0n) is 14.0. The normalized spacial score (nSPS) is 11.5. The summed E-state index contributed by atoms with van der Waals surface area (Å²) in [6.45, 7) is 3.69. The Bertz CT molecular complexity index is 1030. The largest absolute Gasteiger partial charge is 0.497 e. The fourth-order valence-electron chi connectivity index (χ4n) is 2.40. The molecule has 0 amide bonds. The summed E-state index contributed by atoms with van der Waals surface area (Å²) in [4.78, 5) is 8.16. The van der Waals surface area contributed by atoms with Gasteiger partial charge in [-0.15, -0.1) is 0 Å². The molecule has 0 aliphatic carbocycles. The van der Waals surface area contributed by atoms with Gasteiger partial charge in [0.05, 0.1) is 23.9 Å². The van der Waals surface area contributed by atoms with E-state index in [0.717, 1.165) is 11.4 Å². The molecule has 0 aliphatic rings. The molecule has 130 valence electrons. The predicted molar refractivity (Wildman–Crippen MR) is 91.5 cm³/mol. The fourth-order valence-corrected chi connectivity index (χ4v) is 3.66. The molecule has 0 aliphatic heterocycles. The van der Waals surface area contributed by atoms with Gasteiger partial charge in [-0.25, -0.2) is 18.1 Å². The summed E-state index contributed by atoms with van der Waals surface area (Å²) in [6.07, 6.45) is 1.20. The molecule has 0 saturated carbocycles. The highest BCUT2D eigenvalue weighted by Gasteiger charge is 2.23. The van der Waals surface area contributed by atoms with Gasteiger partial charge < -0.3 is 10.5 Å². The number of methoxy groups -OCH3 is 1. The van der Waals surface area contributed by atoms with E-state index in [-0.39, 0.29) is 21.6 Å². The number of aryl methyl sites for hydroxylation is 2. The summed E-state index contributed by atoms with van der Waals surface area (Å²) in [5.41, 5.74) is 7.52. The lowest BCUT2D eigenvalue weighted by atomic mass is 10.3. The lowest BCUT2D eigenvalue weighted by molar-refractivity contribution is 0.414. The summed E-state index contributed by atoms with van der Waals surface area (Å²) in [6, 6.07) is 7.88. The maximum absolute atomic E-state index is 12.7. The number of sulfone groups is 1. The molecular weight excluding hydrogens is 342 g/mol. The van der Waals surface area contributed by atoms with Gasteiger partial charge in [0.15, 0.2) is 0 Å². The van der Waals surface area contributed by atoms with Crippen molar-refractivity contribution in [2.75, 3.05) is 12.8 Å². The Morgan fingerprint density at radius 1 is 1.16 bits per heavy atom. The molecule has 25 heavy (non-hydrogen) atoms. The van der Waals surface area contributed by atoms with Crippen LogP contribution in [0.25, 0.3) is 5.95 Å². The third kappa shape index (κ3) is 3.05. The number of hydrogen-bond acceptors (Lipinski definition) is 7. The Hall–Kier alpha value is -2.94. The van der Waals surface area contributed by atoms with E-state index in [0.29, 0.717) is 5.75 Å². The summed E-state index contributed by atoms with van der Waals surface area (Å²) in [7, 11) is -2.33. The topological polar surface area (TPSA) is 113 Å². The number of hydrogen-bond donors (Lipinski definition) is 1. The van der Waals surface area contributed by atoms with Crippen LogP contribution in [0.15, 0.2) is 46.3 Å². The molecule has 2 heterocycles. The van der Waals surface area contributed by atoms with Crippen LogP contribution < -0.4 is 10.5 Å². The molecule has 0 atom stereocenters. The van der Waals surface area contributed by atoms with Crippen LogP contribution in [0.1, 0.15) is 11.4 Å². The predicted octanol–water partition coefficient (Wildman–Crippen LogP) is 1.70. The highest BCUT2D eigenvalue weighted by atomic mass is 32.2. The van der Waals surface area contributed by atoms with E-state index in [1.165, 1.54) is 30.1 Å². The zero-order valence-corrected chi connectivity index (χ0v) is 14.8. The Morgan fingerprint density at radius 3 is 2.36 bits per heavy atom. The minimum absolute atomic E-state index is 0.0856. The van der Waals surface area contributed by atoms with Crippen molar-refractivity contribution in [3.05, 3.63) is 47.9 Å². The smallest absolute Gasteiger partial charge is 0.252 e. The van der Waals surface area contributed by atoms with Crippen LogP contribution in [0.3, 0.4) is 0 Å². The highest BCUT2D eigenvalue weighted by Crippen LogP contribution is 2.26. The number of benzene rings is 1. The van der Waals surface area contributed by atoms with Gasteiger partial charge in [0.2, 0.25) is 9.84 Å². The molecule has 0 radical (unpaired) electrons. The van der Waals surface area contributed by atoms with Gasteiger partial charge in [0.25, 0.3) is 5.95 Å². The van der Waals surface area contributed by atoms with E-state index in [1.807, 2.05) is 19.9 Å². The molecule has 0 unspecified atom stereocenters. The average molecular weight is 359 g/mol. The van der Waals surface area contributed by atoms with Gasteiger partial charge in [-0.1, -0.05) is 0 Å². The highest BCUT2D eigenvalue weighted by molar-refractivity contribution is 7.91. The van der Waals surface area contributed by atoms with E-state index in [4.69, 9.17) is 10.5 Å². The quantitative estimate of drug-likeness (QED) is 0.754. The van der Waals surface area contributed by atoms with Crippen LogP contribution >= 0.6 is 0 Å². The second-order valence-electron chi connectivity index (χ2n) is 5.44. The van der Waals surface area contributed by atoms with E-state index in [9.17, 15) is 8.42 Å². The van der Waals surface area contributed by atoms with Crippen LogP contribution in [0, 0.1) is 13.8 Å². The number of aromatic nitrogens is 4. The van der Waals surface area contributed by atoms with Crippen LogP contribution in [-0.2, 0) is 9.84 Å². The van der Waals surface area contributed by atoms with E-state index in [2.05, 4.69) is 15.1 Å². The summed E-state index contributed by atoms with van der Waals surface area (Å²) in [5, 5.41) is 4.26. The van der Waals surface area contributed by atoms with Gasteiger partial charge in [-0.05, 0) is 44.2 Å². The van der Waals surface area contributed by atoms with Crippen LogP contribution in [0.5, 0.6) is 5.75 Å². The van der Waals surface area contributed by atoms with Crippen molar-refractivity contribution in [1.29, 1.82) is 0 Å². The molecule has 3 aromatic rings. The van der Waals surface area contributed by atoms with E-state index < -0.39 is 9.84 Å². The molecule has 0 spiro atoms. The second-order valence-corrected chi connectivity index (χ2v) is 7.36. The minimum atomic E-state index is -3.83. The molecule has 8 nitrogen and oxygen atoms in total. The van der Waals surface area contributed by atoms with Crippen molar-refractivity contribution < 1.29 is 13.2 Å². The molecular formula is C16H17N5O3S. The average Bonchev–Trinajstić information content (AvgIpc) is 2.93. The first-order valence-corrected chi connectivity index (χ1v) is 8.86. The Labute approximate surface area is 145 Å². The lowest BCUT2D eigenvalue weighted by Crippen LogP contribution is -2.12. The summed E-state index contributed by atoms with van der Waals surface area (Å²) in [5.74, 6) is 0.646. The summed E-state index contributed by atoms with van der Waals surface area (Å²) < 4.78 is 32.0. The van der Waals surface area contributed by atoms with Crippen molar-refractivity contribution >= 4 is 15.7 Å². The Kier molecular flexibility index (Phi) is 4.17. The monoisotopic (exact) mass is 359 g/mol. The first-order chi connectivity index (χ1) is 11.8. The van der Waals surface area contributed by atoms with Gasteiger partial charge in [0.1, 0.15) is 16.5 Å². The first kappa shape index (κ1) is 16.9. The van der Waals surface area contributed by atoms with Crippen molar-refractivity contribution in [2.45, 2.75) is 23.6 Å². The van der Waals surface area contributed by atoms with Gasteiger partial charge >= 0.3 is 0 Å². The van der Waals surface area contributed by atoms with Crippen LogP contribution in [0.4, 0.5) is 5.82 Å². The van der Waals surface area contributed by atoms with Crippen molar-refractivity contribution in [2.24, 2.45) is 0 Å². The molecule has 2 N–H and O–H groups in total. The molecule has 0 saturated heterocycles. The number of nitrogens with two attached hydrogens (primary N) is 1. The Balaban J connectivity index is 2.03. The summed E-state index contributed by atoms with van der Waals surface area (Å²) >= 11 is 0. The van der Waals surface area contributed by atoms with E-state index >= 15 is 0 Å². The van der Waals surface area contributed by atoms with Crippen molar-refractivity contribution in [3.63, 3.8) is 0 Å². The van der Waals surface area contributed by atoms with Crippen molar-refractivity contribution in [1.82, 2.24) is 19.7 Å². The maximum atomic E-state index is 12.7. The third-order valence-electron chi connectivity index (χ3n) is 3.63. The lowest BCUT2D eigenvalue weighted by Gasteiger charge is -2.09. The molecule has 0 fully saturated rings.